The third-order valence-electron chi connectivity index (χ3n) is 10.1. The van der Waals surface area contributed by atoms with Gasteiger partial charge in [0.25, 0.3) is 0 Å². The predicted molar refractivity (Wildman–Crippen MR) is 145 cm³/mol. The lowest BCUT2D eigenvalue weighted by atomic mass is 9.39. The van der Waals surface area contributed by atoms with E-state index in [1.807, 2.05) is 0 Å². The van der Waals surface area contributed by atoms with Gasteiger partial charge in [-0.1, -0.05) is 72.9 Å². The SMILES string of the molecule is NC1CCC(NC(=S)C23CC4CC(c5ccccc5)(CC(C2)C4CCc2ccccc2)C3)CC1. The second-order valence-corrected chi connectivity index (χ2v) is 12.6. The van der Waals surface area contributed by atoms with Gasteiger partial charge < -0.3 is 11.1 Å². The summed E-state index contributed by atoms with van der Waals surface area (Å²) < 4.78 is 0. The third-order valence-corrected chi connectivity index (χ3v) is 10.6. The van der Waals surface area contributed by atoms with Crippen LogP contribution in [0.3, 0.4) is 0 Å². The van der Waals surface area contributed by atoms with Crippen LogP contribution in [0.2, 0.25) is 0 Å². The largest absolute Gasteiger partial charge is 0.376 e. The minimum Gasteiger partial charge on any atom is -0.376 e. The minimum atomic E-state index is 0.194. The van der Waals surface area contributed by atoms with Crippen molar-refractivity contribution in [3.8, 4) is 0 Å². The van der Waals surface area contributed by atoms with Gasteiger partial charge in [0.15, 0.2) is 0 Å². The fourth-order valence-corrected chi connectivity index (χ4v) is 9.10. The van der Waals surface area contributed by atoms with E-state index in [0.29, 0.717) is 17.5 Å². The summed E-state index contributed by atoms with van der Waals surface area (Å²) >= 11 is 6.29. The Hall–Kier alpha value is -1.71. The van der Waals surface area contributed by atoms with Crippen LogP contribution in [0, 0.1) is 23.2 Å². The van der Waals surface area contributed by atoms with Gasteiger partial charge in [-0.3, -0.25) is 0 Å². The van der Waals surface area contributed by atoms with Gasteiger partial charge >= 0.3 is 0 Å². The van der Waals surface area contributed by atoms with E-state index in [1.54, 1.807) is 5.56 Å². The summed E-state index contributed by atoms with van der Waals surface area (Å²) in [6.45, 7) is 0. The van der Waals surface area contributed by atoms with Crippen LogP contribution < -0.4 is 11.1 Å². The molecule has 2 nitrogen and oxygen atoms in total. The summed E-state index contributed by atoms with van der Waals surface area (Å²) in [7, 11) is 0. The zero-order chi connectivity index (χ0) is 23.2. The maximum absolute atomic E-state index is 6.29. The molecule has 0 aliphatic heterocycles. The van der Waals surface area contributed by atoms with Crippen LogP contribution in [0.5, 0.6) is 0 Å². The first kappa shape index (κ1) is 22.7. The molecule has 5 aliphatic carbocycles. The smallest absolute Gasteiger partial charge is 0.0818 e. The molecular formula is C31H40N2S. The predicted octanol–water partition coefficient (Wildman–Crippen LogP) is 6.57. The number of hydrogen-bond acceptors (Lipinski definition) is 2. The van der Waals surface area contributed by atoms with E-state index in [2.05, 4.69) is 66.0 Å². The van der Waals surface area contributed by atoms with E-state index < -0.39 is 0 Å². The molecule has 0 spiro atoms. The molecule has 0 amide bonds. The second-order valence-electron chi connectivity index (χ2n) is 12.2. The lowest BCUT2D eigenvalue weighted by Gasteiger charge is -2.65. The lowest BCUT2D eigenvalue weighted by Crippen LogP contribution is -2.62. The molecule has 5 saturated carbocycles. The minimum absolute atomic E-state index is 0.194. The highest BCUT2D eigenvalue weighted by Crippen LogP contribution is 2.68. The Balaban J connectivity index is 1.25. The molecule has 34 heavy (non-hydrogen) atoms. The standard InChI is InChI=1S/C31H40N2S/c32-26-12-14-27(15-13-26)33-29(34)31-19-23-17-30(21-31,25-9-5-2-6-10-25)18-24(20-31)28(23)16-11-22-7-3-1-4-8-22/h1-10,23-24,26-28H,11-21,32H2,(H,33,34). The first-order chi connectivity index (χ1) is 16.6. The fourth-order valence-electron chi connectivity index (χ4n) is 8.69. The van der Waals surface area contributed by atoms with Crippen LogP contribution in [0.1, 0.15) is 75.3 Å². The Morgan fingerprint density at radius 3 is 2.12 bits per heavy atom. The number of hydrogen-bond donors (Lipinski definition) is 2. The molecule has 0 saturated heterocycles. The van der Waals surface area contributed by atoms with Crippen molar-refractivity contribution in [1.82, 2.24) is 5.32 Å². The molecule has 0 aromatic heterocycles. The van der Waals surface area contributed by atoms with Crippen molar-refractivity contribution < 1.29 is 0 Å². The van der Waals surface area contributed by atoms with Crippen LogP contribution in [-0.4, -0.2) is 17.1 Å². The van der Waals surface area contributed by atoms with Crippen molar-refractivity contribution in [3.63, 3.8) is 0 Å². The molecule has 0 radical (unpaired) electrons. The number of benzene rings is 2. The van der Waals surface area contributed by atoms with Crippen LogP contribution in [0.4, 0.5) is 0 Å². The highest BCUT2D eigenvalue weighted by Gasteiger charge is 2.62. The summed E-state index contributed by atoms with van der Waals surface area (Å²) in [5.74, 6) is 2.44. The normalized spacial score (nSPS) is 38.6. The number of nitrogens with two attached hydrogens (primary N) is 1. The molecule has 4 bridgehead atoms. The zero-order valence-electron chi connectivity index (χ0n) is 20.4. The van der Waals surface area contributed by atoms with Gasteiger partial charge in [0.2, 0.25) is 0 Å². The summed E-state index contributed by atoms with van der Waals surface area (Å²) in [5, 5.41) is 3.91. The molecule has 5 fully saturated rings. The third kappa shape index (κ3) is 4.13. The van der Waals surface area contributed by atoms with Crippen LogP contribution in [0.25, 0.3) is 0 Å². The summed E-state index contributed by atoms with van der Waals surface area (Å²) in [5.41, 5.74) is 9.76. The van der Waals surface area contributed by atoms with Crippen molar-refractivity contribution in [3.05, 3.63) is 71.8 Å². The first-order valence-electron chi connectivity index (χ1n) is 13.7. The molecular weight excluding hydrogens is 432 g/mol. The summed E-state index contributed by atoms with van der Waals surface area (Å²) in [6.07, 6.45) is 13.7. The van der Waals surface area contributed by atoms with Crippen LogP contribution in [-0.2, 0) is 11.8 Å². The average molecular weight is 473 g/mol. The van der Waals surface area contributed by atoms with E-state index in [9.17, 15) is 0 Å². The van der Waals surface area contributed by atoms with E-state index in [1.165, 1.54) is 68.3 Å². The van der Waals surface area contributed by atoms with Gasteiger partial charge in [0.1, 0.15) is 0 Å². The second kappa shape index (κ2) is 9.06. The molecule has 5 aliphatic rings. The number of nitrogens with one attached hydrogen (secondary N) is 1. The monoisotopic (exact) mass is 472 g/mol. The van der Waals surface area contributed by atoms with Crippen molar-refractivity contribution in [1.29, 1.82) is 0 Å². The average Bonchev–Trinajstić information content (AvgIpc) is 2.86. The molecule has 0 heterocycles. The molecule has 3 N–H and O–H groups in total. The molecule has 3 heteroatoms. The summed E-state index contributed by atoms with van der Waals surface area (Å²) in [6, 6.07) is 23.5. The van der Waals surface area contributed by atoms with Crippen LogP contribution >= 0.6 is 12.2 Å². The Labute approximate surface area is 211 Å². The molecule has 180 valence electrons. The van der Waals surface area contributed by atoms with Crippen molar-refractivity contribution in [2.24, 2.45) is 28.9 Å². The quantitative estimate of drug-likeness (QED) is 0.467. The summed E-state index contributed by atoms with van der Waals surface area (Å²) in [4.78, 5) is 1.20. The molecule has 2 atom stereocenters. The highest BCUT2D eigenvalue weighted by molar-refractivity contribution is 7.80. The lowest BCUT2D eigenvalue weighted by molar-refractivity contribution is -0.0837. The maximum Gasteiger partial charge on any atom is 0.0818 e. The Morgan fingerprint density at radius 1 is 0.853 bits per heavy atom. The van der Waals surface area contributed by atoms with Gasteiger partial charge in [-0.15, -0.1) is 0 Å². The molecule has 2 aromatic carbocycles. The number of thiocarbonyl (C=S) groups is 1. The molecule has 7 rings (SSSR count). The Morgan fingerprint density at radius 2 is 1.47 bits per heavy atom. The van der Waals surface area contributed by atoms with E-state index in [0.717, 1.165) is 30.6 Å². The van der Waals surface area contributed by atoms with E-state index in [-0.39, 0.29) is 5.41 Å². The van der Waals surface area contributed by atoms with Gasteiger partial charge in [-0.25, -0.2) is 0 Å². The van der Waals surface area contributed by atoms with Crippen molar-refractivity contribution in [2.45, 2.75) is 88.1 Å². The van der Waals surface area contributed by atoms with Gasteiger partial charge in [-0.05, 0) is 105 Å². The van der Waals surface area contributed by atoms with E-state index in [4.69, 9.17) is 18.0 Å². The fraction of sp³-hybridized carbons (Fsp3) is 0.581. The van der Waals surface area contributed by atoms with Gasteiger partial charge in [0.05, 0.1) is 4.99 Å². The maximum atomic E-state index is 6.29. The topological polar surface area (TPSA) is 38.0 Å². The van der Waals surface area contributed by atoms with Gasteiger partial charge in [0, 0.05) is 17.5 Å². The highest BCUT2D eigenvalue weighted by atomic mass is 32.1. The molecule has 2 aromatic rings. The zero-order valence-corrected chi connectivity index (χ0v) is 21.2. The number of aryl methyl sites for hydroxylation is 1. The molecule has 2 unspecified atom stereocenters. The first-order valence-corrected chi connectivity index (χ1v) is 14.1. The van der Waals surface area contributed by atoms with Crippen molar-refractivity contribution >= 4 is 17.2 Å². The van der Waals surface area contributed by atoms with Crippen LogP contribution in [0.15, 0.2) is 60.7 Å². The number of rotatable bonds is 6. The van der Waals surface area contributed by atoms with E-state index >= 15 is 0 Å². The Kier molecular flexibility index (Phi) is 6.06. The Bertz CT molecular complexity index is 979. The van der Waals surface area contributed by atoms with Crippen molar-refractivity contribution in [2.75, 3.05) is 0 Å². The van der Waals surface area contributed by atoms with Gasteiger partial charge in [-0.2, -0.15) is 0 Å².